The number of hydrazone groups is 1. The standard InChI is InChI=1S/C27H28N4O3/c1-5-20(25-14-27(32)30-19(3)31-29-16-18(25)2)10-12-22(17-33-4)34-26-13-11-21(15-28)23-8-6-7-9-24(23)26/h5-13,16,25,29H,1,14,17H2,2-4H3,(H,30,31,32)/b18-16+,20-10+,22-12+. The Balaban J connectivity index is 1.94. The van der Waals surface area contributed by atoms with Crippen LogP contribution in [0.1, 0.15) is 25.8 Å². The van der Waals surface area contributed by atoms with Crippen molar-refractivity contribution in [1.29, 1.82) is 5.26 Å². The maximum atomic E-state index is 12.4. The monoisotopic (exact) mass is 456 g/mol. The first-order chi connectivity index (χ1) is 16.5. The van der Waals surface area contributed by atoms with Crippen molar-refractivity contribution < 1.29 is 14.3 Å². The fraction of sp³-hybridized carbons (Fsp3) is 0.222. The van der Waals surface area contributed by atoms with E-state index in [-0.39, 0.29) is 24.9 Å². The molecule has 0 radical (unpaired) electrons. The number of amides is 1. The Morgan fingerprint density at radius 2 is 2.00 bits per heavy atom. The summed E-state index contributed by atoms with van der Waals surface area (Å²) in [6, 6.07) is 13.4. The van der Waals surface area contributed by atoms with Crippen molar-refractivity contribution in [3.05, 3.63) is 89.9 Å². The number of methoxy groups -OCH3 is 1. The lowest BCUT2D eigenvalue weighted by atomic mass is 9.88. The van der Waals surface area contributed by atoms with E-state index in [1.54, 1.807) is 38.4 Å². The third kappa shape index (κ3) is 6.00. The van der Waals surface area contributed by atoms with Gasteiger partial charge in [-0.3, -0.25) is 10.2 Å². The number of hydrogen-bond donors (Lipinski definition) is 2. The number of rotatable bonds is 7. The molecule has 2 N–H and O–H groups in total. The van der Waals surface area contributed by atoms with Crippen LogP contribution in [0.2, 0.25) is 0 Å². The van der Waals surface area contributed by atoms with E-state index in [2.05, 4.69) is 28.5 Å². The van der Waals surface area contributed by atoms with E-state index in [1.807, 2.05) is 43.3 Å². The summed E-state index contributed by atoms with van der Waals surface area (Å²) in [5, 5.41) is 17.9. The number of carbonyl (C=O) groups excluding carboxylic acids is 1. The first kappa shape index (κ1) is 24.5. The Bertz CT molecular complexity index is 1250. The van der Waals surface area contributed by atoms with E-state index >= 15 is 0 Å². The molecule has 1 atom stereocenters. The quantitative estimate of drug-likeness (QED) is 0.465. The summed E-state index contributed by atoms with van der Waals surface area (Å²) in [6.45, 7) is 7.85. The molecule has 1 aliphatic rings. The van der Waals surface area contributed by atoms with Crippen LogP contribution in [0.4, 0.5) is 0 Å². The van der Waals surface area contributed by atoms with Gasteiger partial charge in [0, 0.05) is 36.4 Å². The second-order valence-corrected chi connectivity index (χ2v) is 7.83. The van der Waals surface area contributed by atoms with Crippen LogP contribution in [0, 0.1) is 17.2 Å². The van der Waals surface area contributed by atoms with E-state index in [9.17, 15) is 10.1 Å². The van der Waals surface area contributed by atoms with E-state index < -0.39 is 0 Å². The minimum absolute atomic E-state index is 0.128. The zero-order valence-corrected chi connectivity index (χ0v) is 19.6. The lowest BCUT2D eigenvalue weighted by Gasteiger charge is -2.18. The van der Waals surface area contributed by atoms with Crippen LogP contribution in [0.5, 0.6) is 5.75 Å². The first-order valence-corrected chi connectivity index (χ1v) is 10.8. The third-order valence-electron chi connectivity index (χ3n) is 5.42. The lowest BCUT2D eigenvalue weighted by Crippen LogP contribution is -2.30. The van der Waals surface area contributed by atoms with Crippen molar-refractivity contribution in [2.75, 3.05) is 13.7 Å². The predicted molar refractivity (Wildman–Crippen MR) is 134 cm³/mol. The maximum absolute atomic E-state index is 12.4. The van der Waals surface area contributed by atoms with Crippen molar-refractivity contribution in [1.82, 2.24) is 10.7 Å². The summed E-state index contributed by atoms with van der Waals surface area (Å²) in [6.07, 6.45) is 7.47. The Morgan fingerprint density at radius 1 is 1.24 bits per heavy atom. The van der Waals surface area contributed by atoms with Crippen molar-refractivity contribution in [2.45, 2.75) is 20.3 Å². The van der Waals surface area contributed by atoms with Gasteiger partial charge in [-0.05, 0) is 43.2 Å². The molecule has 1 heterocycles. The average Bonchev–Trinajstić information content (AvgIpc) is 2.89. The fourth-order valence-corrected chi connectivity index (χ4v) is 3.71. The Kier molecular flexibility index (Phi) is 8.38. The number of nitriles is 1. The summed E-state index contributed by atoms with van der Waals surface area (Å²) in [5.41, 5.74) is 5.25. The predicted octanol–water partition coefficient (Wildman–Crippen LogP) is 4.70. The third-order valence-corrected chi connectivity index (χ3v) is 5.42. The van der Waals surface area contributed by atoms with Crippen LogP contribution in [0.3, 0.4) is 0 Å². The molecule has 0 saturated heterocycles. The minimum atomic E-state index is -0.193. The highest BCUT2D eigenvalue weighted by atomic mass is 16.5. The second kappa shape index (κ2) is 11.6. The number of allylic oxidation sites excluding steroid dienone is 5. The molecule has 0 bridgehead atoms. The molecule has 2 aromatic rings. The first-order valence-electron chi connectivity index (χ1n) is 10.8. The van der Waals surface area contributed by atoms with Crippen LogP contribution in [0.15, 0.2) is 89.4 Å². The molecule has 1 unspecified atom stereocenters. The summed E-state index contributed by atoms with van der Waals surface area (Å²) in [7, 11) is 1.59. The SMILES string of the molecule is C=C/C(=C\C=C(/COC)Oc1ccc(C#N)c2ccccc12)C1CC(=O)N/C(C)=N/N/C=C/1C. The minimum Gasteiger partial charge on any atom is -0.459 e. The van der Waals surface area contributed by atoms with Gasteiger partial charge in [-0.25, -0.2) is 0 Å². The summed E-state index contributed by atoms with van der Waals surface area (Å²) >= 11 is 0. The molecule has 0 saturated carbocycles. The van der Waals surface area contributed by atoms with Gasteiger partial charge in [-0.15, -0.1) is 0 Å². The molecule has 0 fully saturated rings. The van der Waals surface area contributed by atoms with Crippen LogP contribution < -0.4 is 15.5 Å². The van der Waals surface area contributed by atoms with Gasteiger partial charge in [0.25, 0.3) is 0 Å². The molecule has 3 rings (SSSR count). The van der Waals surface area contributed by atoms with Gasteiger partial charge in [0.2, 0.25) is 5.91 Å². The fourth-order valence-electron chi connectivity index (χ4n) is 3.71. The molecule has 34 heavy (non-hydrogen) atoms. The van der Waals surface area contributed by atoms with E-state index in [1.165, 1.54) is 0 Å². The number of hydrogen-bond acceptors (Lipinski definition) is 6. The van der Waals surface area contributed by atoms with E-state index in [0.29, 0.717) is 22.9 Å². The molecule has 2 aromatic carbocycles. The van der Waals surface area contributed by atoms with Gasteiger partial charge >= 0.3 is 0 Å². The lowest BCUT2D eigenvalue weighted by molar-refractivity contribution is -0.120. The second-order valence-electron chi connectivity index (χ2n) is 7.83. The van der Waals surface area contributed by atoms with Crippen LogP contribution in [-0.4, -0.2) is 25.5 Å². The zero-order valence-electron chi connectivity index (χ0n) is 19.6. The van der Waals surface area contributed by atoms with Gasteiger partial charge < -0.3 is 14.8 Å². The summed E-state index contributed by atoms with van der Waals surface area (Å²) in [4.78, 5) is 12.4. The number of nitrogens with one attached hydrogen (secondary N) is 2. The average molecular weight is 457 g/mol. The van der Waals surface area contributed by atoms with Gasteiger partial charge in [-0.1, -0.05) is 43.0 Å². The topological polar surface area (TPSA) is 95.7 Å². The molecule has 7 nitrogen and oxygen atoms in total. The van der Waals surface area contributed by atoms with Gasteiger partial charge in [0.05, 0.1) is 11.6 Å². The zero-order chi connectivity index (χ0) is 24.5. The molecule has 1 amide bonds. The largest absolute Gasteiger partial charge is 0.459 e. The smallest absolute Gasteiger partial charge is 0.226 e. The number of benzene rings is 2. The highest BCUT2D eigenvalue weighted by Crippen LogP contribution is 2.30. The van der Waals surface area contributed by atoms with Crippen molar-refractivity contribution in [3.8, 4) is 11.8 Å². The number of fused-ring (bicyclic) bond motifs is 1. The number of ether oxygens (including phenoxy) is 2. The van der Waals surface area contributed by atoms with Crippen LogP contribution >= 0.6 is 0 Å². The molecular formula is C27H28N4O3. The molecule has 7 heteroatoms. The highest BCUT2D eigenvalue weighted by Gasteiger charge is 2.20. The molecule has 0 spiro atoms. The number of carbonyl (C=O) groups is 1. The Hall–Kier alpha value is -4.15. The number of amidine groups is 1. The molecule has 1 aliphatic heterocycles. The Labute approximate surface area is 199 Å². The van der Waals surface area contributed by atoms with E-state index in [4.69, 9.17) is 9.47 Å². The van der Waals surface area contributed by atoms with E-state index in [0.717, 1.165) is 21.9 Å². The van der Waals surface area contributed by atoms with Crippen LogP contribution in [-0.2, 0) is 9.53 Å². The summed E-state index contributed by atoms with van der Waals surface area (Å²) in [5.74, 6) is 1.38. The van der Waals surface area contributed by atoms with Crippen molar-refractivity contribution in [3.63, 3.8) is 0 Å². The van der Waals surface area contributed by atoms with Gasteiger partial charge in [0.15, 0.2) is 0 Å². The van der Waals surface area contributed by atoms with Crippen molar-refractivity contribution in [2.24, 2.45) is 11.0 Å². The molecular weight excluding hydrogens is 428 g/mol. The Morgan fingerprint density at radius 3 is 2.71 bits per heavy atom. The van der Waals surface area contributed by atoms with Gasteiger partial charge in [0.1, 0.15) is 24.0 Å². The summed E-state index contributed by atoms with van der Waals surface area (Å²) < 4.78 is 11.5. The molecule has 174 valence electrons. The molecule has 0 aromatic heterocycles. The highest BCUT2D eigenvalue weighted by molar-refractivity contribution is 5.97. The van der Waals surface area contributed by atoms with Gasteiger partial charge in [-0.2, -0.15) is 10.4 Å². The molecule has 0 aliphatic carbocycles. The van der Waals surface area contributed by atoms with Crippen LogP contribution in [0.25, 0.3) is 10.8 Å². The normalized spacial score (nSPS) is 20.3. The number of nitrogens with zero attached hydrogens (tertiary/aromatic N) is 2. The van der Waals surface area contributed by atoms with Crippen molar-refractivity contribution >= 4 is 22.5 Å². The maximum Gasteiger partial charge on any atom is 0.226 e.